The number of amides is 2. The van der Waals surface area contributed by atoms with E-state index in [0.717, 1.165) is 0 Å². The molecule has 0 saturated heterocycles. The second kappa shape index (κ2) is 6.41. The summed E-state index contributed by atoms with van der Waals surface area (Å²) in [6, 6.07) is -1.89. The van der Waals surface area contributed by atoms with E-state index in [9.17, 15) is 9.59 Å². The summed E-state index contributed by atoms with van der Waals surface area (Å²) in [5, 5.41) is 22.1. The van der Waals surface area contributed by atoms with Crippen LogP contribution in [-0.4, -0.2) is 65.9 Å². The highest BCUT2D eigenvalue weighted by atomic mass is 16.4. The normalized spacial score (nSPS) is 13.3. The van der Waals surface area contributed by atoms with Crippen molar-refractivity contribution in [1.82, 2.24) is 15.5 Å². The lowest BCUT2D eigenvalue weighted by Crippen LogP contribution is -2.53. The molecule has 0 aromatic heterocycles. The summed E-state index contributed by atoms with van der Waals surface area (Å²) in [4.78, 5) is 23.9. The molecular weight excluding hydrogens is 226 g/mol. The van der Waals surface area contributed by atoms with Crippen LogP contribution in [0.25, 0.3) is 0 Å². The molecule has 0 heterocycles. The van der Waals surface area contributed by atoms with E-state index < -0.39 is 24.6 Å². The second-order valence-corrected chi connectivity index (χ2v) is 4.61. The number of hydrogen-bond donors (Lipinski definition) is 4. The van der Waals surface area contributed by atoms with Crippen LogP contribution in [0.1, 0.15) is 13.8 Å². The Bertz CT molecular complexity index is 279. The summed E-state index contributed by atoms with van der Waals surface area (Å²) in [7, 11) is 3.76. The minimum Gasteiger partial charge on any atom is -0.480 e. The van der Waals surface area contributed by atoms with Crippen LogP contribution >= 0.6 is 0 Å². The topological polar surface area (TPSA) is 102 Å². The highest BCUT2D eigenvalue weighted by molar-refractivity contribution is 5.82. The van der Waals surface area contributed by atoms with Crippen molar-refractivity contribution >= 4 is 12.0 Å². The summed E-state index contributed by atoms with van der Waals surface area (Å²) in [5.41, 5.74) is -0.241. The van der Waals surface area contributed by atoms with Crippen LogP contribution in [0.4, 0.5) is 4.79 Å². The van der Waals surface area contributed by atoms with Crippen molar-refractivity contribution in [2.75, 3.05) is 27.2 Å². The van der Waals surface area contributed by atoms with Crippen molar-refractivity contribution in [2.24, 2.45) is 0 Å². The Labute approximate surface area is 101 Å². The smallest absolute Gasteiger partial charge is 0.328 e. The lowest BCUT2D eigenvalue weighted by molar-refractivity contribution is -0.140. The van der Waals surface area contributed by atoms with E-state index in [2.05, 4.69) is 10.6 Å². The Morgan fingerprint density at radius 2 is 1.88 bits per heavy atom. The molecule has 0 aliphatic rings. The van der Waals surface area contributed by atoms with Crippen molar-refractivity contribution in [1.29, 1.82) is 0 Å². The molecule has 17 heavy (non-hydrogen) atoms. The minimum absolute atomic E-state index is 0.241. The molecule has 0 unspecified atom stereocenters. The quantitative estimate of drug-likeness (QED) is 0.486. The molecule has 1 atom stereocenters. The third-order valence-corrected chi connectivity index (χ3v) is 2.68. The van der Waals surface area contributed by atoms with Gasteiger partial charge in [0, 0.05) is 12.1 Å². The first-order valence-corrected chi connectivity index (χ1v) is 5.26. The molecule has 0 aromatic carbocycles. The van der Waals surface area contributed by atoms with E-state index in [0.29, 0.717) is 6.54 Å². The second-order valence-electron chi connectivity index (χ2n) is 4.61. The number of carbonyl (C=O) groups excluding carboxylic acids is 1. The largest absolute Gasteiger partial charge is 0.480 e. The first-order chi connectivity index (χ1) is 7.70. The molecule has 0 aliphatic carbocycles. The van der Waals surface area contributed by atoms with Crippen LogP contribution in [0.15, 0.2) is 0 Å². The van der Waals surface area contributed by atoms with Crippen molar-refractivity contribution in [2.45, 2.75) is 25.4 Å². The number of carboxylic acid groups (broad SMARTS) is 1. The summed E-state index contributed by atoms with van der Waals surface area (Å²) in [6.45, 7) is 3.60. The van der Waals surface area contributed by atoms with Crippen molar-refractivity contribution < 1.29 is 19.8 Å². The Balaban J connectivity index is 4.16. The number of carbonyl (C=O) groups is 2. The molecule has 0 bridgehead atoms. The zero-order chi connectivity index (χ0) is 13.6. The number of rotatable bonds is 6. The Hall–Kier alpha value is -1.34. The molecule has 0 fully saturated rings. The van der Waals surface area contributed by atoms with Crippen molar-refractivity contribution in [3.63, 3.8) is 0 Å². The van der Waals surface area contributed by atoms with E-state index in [1.807, 2.05) is 32.8 Å². The predicted molar refractivity (Wildman–Crippen MR) is 62.8 cm³/mol. The van der Waals surface area contributed by atoms with E-state index in [1.165, 1.54) is 0 Å². The monoisotopic (exact) mass is 247 g/mol. The van der Waals surface area contributed by atoms with Crippen molar-refractivity contribution in [3.05, 3.63) is 0 Å². The van der Waals surface area contributed by atoms with Gasteiger partial charge in [-0.2, -0.15) is 0 Å². The van der Waals surface area contributed by atoms with E-state index >= 15 is 0 Å². The van der Waals surface area contributed by atoms with Gasteiger partial charge < -0.3 is 25.7 Å². The van der Waals surface area contributed by atoms with E-state index in [-0.39, 0.29) is 5.54 Å². The van der Waals surface area contributed by atoms with Crippen molar-refractivity contribution in [3.8, 4) is 0 Å². The number of likely N-dealkylation sites (N-methyl/N-ethyl adjacent to an activating group) is 1. The average molecular weight is 247 g/mol. The zero-order valence-corrected chi connectivity index (χ0v) is 10.6. The van der Waals surface area contributed by atoms with Gasteiger partial charge in [-0.05, 0) is 27.9 Å². The molecule has 0 radical (unpaired) electrons. The summed E-state index contributed by atoms with van der Waals surface area (Å²) >= 11 is 0. The first-order valence-electron chi connectivity index (χ1n) is 5.26. The number of aliphatic hydroxyl groups excluding tert-OH is 1. The van der Waals surface area contributed by atoms with Gasteiger partial charge in [-0.3, -0.25) is 0 Å². The minimum atomic E-state index is -1.28. The van der Waals surface area contributed by atoms with Gasteiger partial charge in [-0.25, -0.2) is 9.59 Å². The van der Waals surface area contributed by atoms with Gasteiger partial charge in [0.05, 0.1) is 6.61 Å². The Kier molecular flexibility index (Phi) is 5.90. The van der Waals surface area contributed by atoms with Gasteiger partial charge in [0.25, 0.3) is 0 Å². The molecule has 0 aromatic rings. The maximum absolute atomic E-state index is 11.4. The fraction of sp³-hybridized carbons (Fsp3) is 0.800. The maximum Gasteiger partial charge on any atom is 0.328 e. The standard InChI is InChI=1S/C10H21N3O4/c1-10(2,13(3)4)6-11-9(17)12-7(5-14)8(15)16/h7,14H,5-6H2,1-4H3,(H,15,16)(H2,11,12,17)/t7-/m0/s1. The summed E-state index contributed by atoms with van der Waals surface area (Å²) < 4.78 is 0. The molecular formula is C10H21N3O4. The van der Waals surface area contributed by atoms with Gasteiger partial charge in [0.1, 0.15) is 0 Å². The molecule has 0 aliphatic heterocycles. The molecule has 0 spiro atoms. The average Bonchev–Trinajstić information content (AvgIpc) is 2.22. The van der Waals surface area contributed by atoms with Crippen LogP contribution in [0.3, 0.4) is 0 Å². The summed E-state index contributed by atoms with van der Waals surface area (Å²) in [6.07, 6.45) is 0. The van der Waals surface area contributed by atoms with E-state index in [4.69, 9.17) is 10.2 Å². The van der Waals surface area contributed by atoms with Crippen LogP contribution < -0.4 is 10.6 Å². The first kappa shape index (κ1) is 15.7. The van der Waals surface area contributed by atoms with Gasteiger partial charge in [0.2, 0.25) is 0 Å². The lowest BCUT2D eigenvalue weighted by Gasteiger charge is -2.32. The molecule has 0 rings (SSSR count). The molecule has 2 amide bonds. The lowest BCUT2D eigenvalue weighted by atomic mass is 10.0. The fourth-order valence-corrected chi connectivity index (χ4v) is 0.849. The third kappa shape index (κ3) is 5.50. The number of nitrogens with one attached hydrogen (secondary N) is 2. The number of urea groups is 1. The number of aliphatic hydroxyl groups is 1. The number of hydrogen-bond acceptors (Lipinski definition) is 4. The molecule has 100 valence electrons. The van der Waals surface area contributed by atoms with Crippen LogP contribution in [-0.2, 0) is 4.79 Å². The molecule has 0 saturated carbocycles. The van der Waals surface area contributed by atoms with Crippen LogP contribution in [0, 0.1) is 0 Å². The highest BCUT2D eigenvalue weighted by Gasteiger charge is 2.23. The fourth-order valence-electron chi connectivity index (χ4n) is 0.849. The molecule has 7 heteroatoms. The Morgan fingerprint density at radius 1 is 1.35 bits per heavy atom. The molecule has 7 nitrogen and oxygen atoms in total. The third-order valence-electron chi connectivity index (χ3n) is 2.68. The van der Waals surface area contributed by atoms with Crippen LogP contribution in [0.5, 0.6) is 0 Å². The number of nitrogens with zero attached hydrogens (tertiary/aromatic N) is 1. The number of aliphatic carboxylic acids is 1. The highest BCUT2D eigenvalue weighted by Crippen LogP contribution is 2.07. The molecule has 4 N–H and O–H groups in total. The van der Waals surface area contributed by atoms with Gasteiger partial charge >= 0.3 is 12.0 Å². The predicted octanol–water partition coefficient (Wildman–Crippen LogP) is -0.929. The van der Waals surface area contributed by atoms with Crippen LogP contribution in [0.2, 0.25) is 0 Å². The summed E-state index contributed by atoms with van der Waals surface area (Å²) in [5.74, 6) is -1.27. The van der Waals surface area contributed by atoms with E-state index in [1.54, 1.807) is 0 Å². The zero-order valence-electron chi connectivity index (χ0n) is 10.6. The maximum atomic E-state index is 11.4. The van der Waals surface area contributed by atoms with Gasteiger partial charge in [0.15, 0.2) is 6.04 Å². The van der Waals surface area contributed by atoms with Gasteiger partial charge in [-0.1, -0.05) is 0 Å². The Morgan fingerprint density at radius 3 is 2.24 bits per heavy atom. The van der Waals surface area contributed by atoms with Gasteiger partial charge in [-0.15, -0.1) is 0 Å². The SMILES string of the molecule is CN(C)C(C)(C)CNC(=O)N[C@@H](CO)C(=O)O. The number of carboxylic acids is 1.